The Morgan fingerprint density at radius 2 is 1.81 bits per heavy atom. The van der Waals surface area contributed by atoms with Gasteiger partial charge in [-0.3, -0.25) is 14.3 Å². The number of carboxylic acids is 1. The minimum Gasteiger partial charge on any atom is -0.481 e. The van der Waals surface area contributed by atoms with Gasteiger partial charge in [-0.2, -0.15) is 0 Å². The molecule has 1 aromatic heterocycles. The summed E-state index contributed by atoms with van der Waals surface area (Å²) in [6, 6.07) is 7.74. The van der Waals surface area contributed by atoms with Gasteiger partial charge in [0.1, 0.15) is 5.82 Å². The molecule has 2 aromatic rings. The molecule has 0 fully saturated rings. The maximum atomic E-state index is 13.5. The van der Waals surface area contributed by atoms with Crippen LogP contribution in [0, 0.1) is 17.4 Å². The number of benzene rings is 1. The predicted molar refractivity (Wildman–Crippen MR) is 122 cm³/mol. The van der Waals surface area contributed by atoms with Crippen molar-refractivity contribution in [3.8, 4) is 22.7 Å². The second-order valence-electron chi connectivity index (χ2n) is 9.10. The van der Waals surface area contributed by atoms with Crippen LogP contribution in [0.2, 0.25) is 0 Å². The van der Waals surface area contributed by atoms with E-state index >= 15 is 0 Å². The topological polar surface area (TPSA) is 108 Å². The van der Waals surface area contributed by atoms with Crippen molar-refractivity contribution in [2.45, 2.75) is 58.5 Å². The fourth-order valence-electron chi connectivity index (χ4n) is 3.10. The standard InChI is InChI=1S/C24H29FNO5P/c1-15(2)23-19(10-11-32(30,31)14-18(27)12-22(28)29)20(13-21(26-23)24(3,4)5)16-6-8-17(25)9-7-16/h6-9,13,15,18,27H,12,14H2,1-5H3,(H,28,29)(H,30,31)/t18-/m1/s1. The maximum absolute atomic E-state index is 13.5. The third kappa shape index (κ3) is 7.00. The molecule has 2 rings (SSSR count). The Labute approximate surface area is 188 Å². The Morgan fingerprint density at radius 3 is 2.31 bits per heavy atom. The van der Waals surface area contributed by atoms with Crippen LogP contribution in [0.3, 0.4) is 0 Å². The van der Waals surface area contributed by atoms with Gasteiger partial charge in [-0.15, -0.1) is 0 Å². The van der Waals surface area contributed by atoms with Crippen LogP contribution >= 0.6 is 7.37 Å². The number of pyridine rings is 1. The van der Waals surface area contributed by atoms with Gasteiger partial charge < -0.3 is 15.1 Å². The molecule has 1 heterocycles. The minimum absolute atomic E-state index is 0.0588. The molecule has 0 aliphatic heterocycles. The molecule has 0 amide bonds. The summed E-state index contributed by atoms with van der Waals surface area (Å²) in [6.07, 6.45) is -2.78. The average Bonchev–Trinajstić information content (AvgIpc) is 2.64. The van der Waals surface area contributed by atoms with Gasteiger partial charge in [0.2, 0.25) is 0 Å². The van der Waals surface area contributed by atoms with Crippen LogP contribution in [-0.4, -0.2) is 38.3 Å². The van der Waals surface area contributed by atoms with Crippen LogP contribution < -0.4 is 0 Å². The smallest absolute Gasteiger partial charge is 0.305 e. The van der Waals surface area contributed by atoms with Crippen LogP contribution in [0.5, 0.6) is 0 Å². The average molecular weight is 461 g/mol. The third-order valence-corrected chi connectivity index (χ3v) is 6.12. The van der Waals surface area contributed by atoms with E-state index in [9.17, 15) is 23.7 Å². The van der Waals surface area contributed by atoms with Gasteiger partial charge in [0.05, 0.1) is 29.9 Å². The first-order chi connectivity index (χ1) is 14.7. The Bertz CT molecular complexity index is 1090. The number of aliphatic hydroxyl groups excluding tert-OH is 1. The molecule has 0 radical (unpaired) electrons. The zero-order chi connectivity index (χ0) is 24.3. The normalized spacial score (nSPS) is 14.4. The highest BCUT2D eigenvalue weighted by atomic mass is 31.2. The summed E-state index contributed by atoms with van der Waals surface area (Å²) in [5.41, 5.74) is 5.29. The monoisotopic (exact) mass is 461 g/mol. The highest BCUT2D eigenvalue weighted by Crippen LogP contribution is 2.41. The zero-order valence-corrected chi connectivity index (χ0v) is 19.8. The van der Waals surface area contributed by atoms with Gasteiger partial charge in [-0.25, -0.2) is 4.39 Å². The van der Waals surface area contributed by atoms with E-state index < -0.39 is 32.0 Å². The molecule has 0 bridgehead atoms. The van der Waals surface area contributed by atoms with Gasteiger partial charge in [-0.1, -0.05) is 52.7 Å². The van der Waals surface area contributed by atoms with Crippen LogP contribution in [0.15, 0.2) is 30.3 Å². The molecule has 3 N–H and O–H groups in total. The molecule has 0 saturated carbocycles. The number of nitrogens with zero attached hydrogens (tertiary/aromatic N) is 1. The number of aliphatic hydroxyl groups is 1. The lowest BCUT2D eigenvalue weighted by atomic mass is 9.86. The fraction of sp³-hybridized carbons (Fsp3) is 0.417. The molecule has 6 nitrogen and oxygen atoms in total. The van der Waals surface area contributed by atoms with E-state index in [2.05, 4.69) is 11.6 Å². The van der Waals surface area contributed by atoms with Gasteiger partial charge >= 0.3 is 5.97 Å². The van der Waals surface area contributed by atoms with E-state index in [1.165, 1.54) is 12.1 Å². The fourth-order valence-corrected chi connectivity index (χ4v) is 4.17. The van der Waals surface area contributed by atoms with E-state index in [1.54, 1.807) is 12.1 Å². The quantitative estimate of drug-likeness (QED) is 0.424. The highest BCUT2D eigenvalue weighted by molar-refractivity contribution is 7.63. The predicted octanol–water partition coefficient (Wildman–Crippen LogP) is 4.72. The SMILES string of the molecule is CC(C)c1nc(C(C)(C)C)cc(-c2ccc(F)cc2)c1C#CP(=O)(O)C[C@H](O)CC(=O)O. The number of hydrogen-bond acceptors (Lipinski definition) is 4. The molecule has 172 valence electrons. The van der Waals surface area contributed by atoms with Crippen LogP contribution in [0.4, 0.5) is 4.39 Å². The van der Waals surface area contributed by atoms with E-state index in [4.69, 9.17) is 10.1 Å². The van der Waals surface area contributed by atoms with E-state index in [1.807, 2.05) is 40.7 Å². The van der Waals surface area contributed by atoms with Crippen LogP contribution in [0.1, 0.15) is 63.9 Å². The first kappa shape index (κ1) is 25.7. The van der Waals surface area contributed by atoms with Crippen molar-refractivity contribution in [1.82, 2.24) is 4.98 Å². The van der Waals surface area contributed by atoms with E-state index in [0.717, 1.165) is 5.69 Å². The first-order valence-electron chi connectivity index (χ1n) is 10.3. The lowest BCUT2D eigenvalue weighted by Gasteiger charge is -2.23. The first-order valence-corrected chi connectivity index (χ1v) is 12.1. The molecule has 0 spiro atoms. The second-order valence-corrected chi connectivity index (χ2v) is 11.1. The van der Waals surface area contributed by atoms with Gasteiger partial charge in [-0.05, 0) is 35.3 Å². The summed E-state index contributed by atoms with van der Waals surface area (Å²) in [6.45, 7) is 9.92. The van der Waals surface area contributed by atoms with Gasteiger partial charge in [0.15, 0.2) is 0 Å². The Kier molecular flexibility index (Phi) is 8.01. The van der Waals surface area contributed by atoms with E-state index in [0.29, 0.717) is 22.4 Å². The van der Waals surface area contributed by atoms with Crippen molar-refractivity contribution in [2.24, 2.45) is 0 Å². The Balaban J connectivity index is 2.68. The van der Waals surface area contributed by atoms with Crippen molar-refractivity contribution >= 4 is 13.3 Å². The molecule has 1 unspecified atom stereocenters. The molecule has 0 aliphatic carbocycles. The molecule has 8 heteroatoms. The molecule has 0 aliphatic rings. The lowest BCUT2D eigenvalue weighted by molar-refractivity contribution is -0.138. The number of rotatable bonds is 6. The van der Waals surface area contributed by atoms with Crippen LogP contribution in [-0.2, 0) is 14.8 Å². The van der Waals surface area contributed by atoms with Crippen molar-refractivity contribution in [2.75, 3.05) is 6.16 Å². The second kappa shape index (κ2) is 9.95. The number of carbonyl (C=O) groups is 1. The molecular formula is C24H29FNO5P. The Morgan fingerprint density at radius 1 is 1.22 bits per heavy atom. The minimum atomic E-state index is -4.15. The molecular weight excluding hydrogens is 432 g/mol. The summed E-state index contributed by atoms with van der Waals surface area (Å²) < 4.78 is 26.1. The number of halogens is 1. The van der Waals surface area contributed by atoms with E-state index in [-0.39, 0.29) is 17.2 Å². The highest BCUT2D eigenvalue weighted by Gasteiger charge is 2.25. The summed E-state index contributed by atoms with van der Waals surface area (Å²) in [7, 11) is -4.15. The summed E-state index contributed by atoms with van der Waals surface area (Å²) in [4.78, 5) is 25.7. The number of aliphatic carboxylic acids is 1. The van der Waals surface area contributed by atoms with Crippen molar-refractivity contribution in [3.63, 3.8) is 0 Å². The van der Waals surface area contributed by atoms with Crippen molar-refractivity contribution in [3.05, 3.63) is 53.1 Å². The molecule has 2 atom stereocenters. The van der Waals surface area contributed by atoms with Crippen LogP contribution in [0.25, 0.3) is 11.1 Å². The van der Waals surface area contributed by atoms with Crippen molar-refractivity contribution < 1.29 is 28.9 Å². The maximum Gasteiger partial charge on any atom is 0.305 e. The number of aromatic nitrogens is 1. The molecule has 32 heavy (non-hydrogen) atoms. The van der Waals surface area contributed by atoms with Gasteiger partial charge in [0, 0.05) is 16.7 Å². The summed E-state index contributed by atoms with van der Waals surface area (Å²) in [5.74, 6) is 1.06. The Hall–Kier alpha value is -2.52. The largest absolute Gasteiger partial charge is 0.481 e. The van der Waals surface area contributed by atoms with Crippen molar-refractivity contribution in [1.29, 1.82) is 0 Å². The molecule has 1 aromatic carbocycles. The number of hydrogen-bond donors (Lipinski definition) is 3. The zero-order valence-electron chi connectivity index (χ0n) is 18.9. The third-order valence-electron chi connectivity index (χ3n) is 4.74. The van der Waals surface area contributed by atoms with Gasteiger partial charge in [0.25, 0.3) is 7.37 Å². The summed E-state index contributed by atoms with van der Waals surface area (Å²) in [5, 5.41) is 18.5. The lowest BCUT2D eigenvalue weighted by Crippen LogP contribution is -2.17. The number of carboxylic acid groups (broad SMARTS) is 1. The molecule has 0 saturated heterocycles. The summed E-state index contributed by atoms with van der Waals surface area (Å²) >= 11 is 0.